The van der Waals surface area contributed by atoms with Crippen LogP contribution in [0.4, 0.5) is 0 Å². The SMILES string of the molecule is Cc1ccccc1Oc1cc(CNC2CC2)c(Cl)cn1. The molecular weight excluding hydrogens is 272 g/mol. The van der Waals surface area contributed by atoms with Crippen molar-refractivity contribution in [2.75, 3.05) is 0 Å². The first-order valence-corrected chi connectivity index (χ1v) is 7.21. The molecule has 20 heavy (non-hydrogen) atoms. The minimum atomic E-state index is 0.580. The summed E-state index contributed by atoms with van der Waals surface area (Å²) in [5, 5.41) is 4.12. The fourth-order valence-corrected chi connectivity index (χ4v) is 2.15. The van der Waals surface area contributed by atoms with E-state index < -0.39 is 0 Å². The minimum absolute atomic E-state index is 0.580. The topological polar surface area (TPSA) is 34.1 Å². The van der Waals surface area contributed by atoms with Gasteiger partial charge in [-0.3, -0.25) is 0 Å². The molecule has 0 saturated heterocycles. The summed E-state index contributed by atoms with van der Waals surface area (Å²) in [5.41, 5.74) is 2.11. The van der Waals surface area contributed by atoms with Gasteiger partial charge in [0, 0.05) is 24.8 Å². The first-order valence-electron chi connectivity index (χ1n) is 6.83. The van der Waals surface area contributed by atoms with Crippen molar-refractivity contribution in [3.8, 4) is 11.6 Å². The van der Waals surface area contributed by atoms with Crippen molar-refractivity contribution in [2.24, 2.45) is 0 Å². The molecule has 1 aromatic carbocycles. The summed E-state index contributed by atoms with van der Waals surface area (Å²) in [6, 6.07) is 10.5. The summed E-state index contributed by atoms with van der Waals surface area (Å²) in [6.07, 6.45) is 4.17. The first-order chi connectivity index (χ1) is 9.72. The number of aryl methyl sites for hydroxylation is 1. The third-order valence-electron chi connectivity index (χ3n) is 3.38. The maximum Gasteiger partial charge on any atom is 0.219 e. The Morgan fingerprint density at radius 1 is 1.35 bits per heavy atom. The highest BCUT2D eigenvalue weighted by molar-refractivity contribution is 6.31. The Kier molecular flexibility index (Phi) is 3.90. The van der Waals surface area contributed by atoms with Crippen molar-refractivity contribution < 1.29 is 4.74 Å². The van der Waals surface area contributed by atoms with Crippen LogP contribution in [0.15, 0.2) is 36.5 Å². The highest BCUT2D eigenvalue weighted by Crippen LogP contribution is 2.27. The van der Waals surface area contributed by atoms with Crippen molar-refractivity contribution in [1.82, 2.24) is 10.3 Å². The van der Waals surface area contributed by atoms with Gasteiger partial charge in [0.05, 0.1) is 5.02 Å². The Bertz CT molecular complexity index is 611. The maximum atomic E-state index is 6.18. The number of halogens is 1. The number of nitrogens with one attached hydrogen (secondary N) is 1. The van der Waals surface area contributed by atoms with Crippen LogP contribution in [0, 0.1) is 6.92 Å². The highest BCUT2D eigenvalue weighted by Gasteiger charge is 2.20. The van der Waals surface area contributed by atoms with Crippen molar-refractivity contribution in [3.05, 3.63) is 52.7 Å². The molecule has 1 aromatic heterocycles. The van der Waals surface area contributed by atoms with Gasteiger partial charge < -0.3 is 10.1 Å². The van der Waals surface area contributed by atoms with Crippen LogP contribution >= 0.6 is 11.6 Å². The number of benzene rings is 1. The Labute approximate surface area is 123 Å². The zero-order valence-electron chi connectivity index (χ0n) is 11.4. The number of aromatic nitrogens is 1. The van der Waals surface area contributed by atoms with E-state index in [4.69, 9.17) is 16.3 Å². The third kappa shape index (κ3) is 3.30. The molecule has 0 atom stereocenters. The number of para-hydroxylation sites is 1. The Hall–Kier alpha value is -1.58. The molecule has 1 fully saturated rings. The fraction of sp³-hybridized carbons (Fsp3) is 0.312. The second kappa shape index (κ2) is 5.81. The summed E-state index contributed by atoms with van der Waals surface area (Å²) >= 11 is 6.18. The molecular formula is C16H17ClN2O. The fourth-order valence-electron chi connectivity index (χ4n) is 1.98. The molecule has 3 rings (SSSR count). The molecule has 1 saturated carbocycles. The Morgan fingerprint density at radius 2 is 2.15 bits per heavy atom. The third-order valence-corrected chi connectivity index (χ3v) is 3.72. The molecule has 1 heterocycles. The Morgan fingerprint density at radius 3 is 2.90 bits per heavy atom. The van der Waals surface area contributed by atoms with E-state index >= 15 is 0 Å². The van der Waals surface area contributed by atoms with E-state index in [2.05, 4.69) is 10.3 Å². The van der Waals surface area contributed by atoms with Gasteiger partial charge in [-0.15, -0.1) is 0 Å². The number of nitrogens with zero attached hydrogens (tertiary/aromatic N) is 1. The molecule has 104 valence electrons. The molecule has 2 aromatic rings. The highest BCUT2D eigenvalue weighted by atomic mass is 35.5. The van der Waals surface area contributed by atoms with E-state index in [0.717, 1.165) is 23.4 Å². The normalized spacial score (nSPS) is 14.3. The predicted octanol–water partition coefficient (Wildman–Crippen LogP) is 4.09. The molecule has 0 bridgehead atoms. The van der Waals surface area contributed by atoms with Crippen molar-refractivity contribution in [3.63, 3.8) is 0 Å². The van der Waals surface area contributed by atoms with E-state index in [1.54, 1.807) is 6.20 Å². The molecule has 0 aliphatic heterocycles. The van der Waals surface area contributed by atoms with Gasteiger partial charge in [-0.2, -0.15) is 0 Å². The number of ether oxygens (including phenoxy) is 1. The maximum absolute atomic E-state index is 6.18. The second-order valence-electron chi connectivity index (χ2n) is 5.14. The van der Waals surface area contributed by atoms with Crippen molar-refractivity contribution in [1.29, 1.82) is 0 Å². The van der Waals surface area contributed by atoms with Gasteiger partial charge in [-0.25, -0.2) is 4.98 Å². The quantitative estimate of drug-likeness (QED) is 0.900. The predicted molar refractivity (Wildman–Crippen MR) is 80.4 cm³/mol. The lowest BCUT2D eigenvalue weighted by molar-refractivity contribution is 0.458. The first kappa shape index (κ1) is 13.4. The van der Waals surface area contributed by atoms with E-state index in [-0.39, 0.29) is 0 Å². The lowest BCUT2D eigenvalue weighted by atomic mass is 10.2. The van der Waals surface area contributed by atoms with Crippen LogP contribution in [-0.2, 0) is 6.54 Å². The standard InChI is InChI=1S/C16H17ClN2O/c1-11-4-2-3-5-15(11)20-16-8-12(14(17)10-19-16)9-18-13-6-7-13/h2-5,8,10,13,18H,6-7,9H2,1H3. The minimum Gasteiger partial charge on any atom is -0.439 e. The lowest BCUT2D eigenvalue weighted by Crippen LogP contribution is -2.15. The zero-order chi connectivity index (χ0) is 13.9. The van der Waals surface area contributed by atoms with Crippen molar-refractivity contribution >= 4 is 11.6 Å². The molecule has 1 N–H and O–H groups in total. The van der Waals surface area contributed by atoms with Crippen LogP contribution < -0.4 is 10.1 Å². The van der Waals surface area contributed by atoms with Crippen LogP contribution in [0.5, 0.6) is 11.6 Å². The second-order valence-corrected chi connectivity index (χ2v) is 5.54. The van der Waals surface area contributed by atoms with Crippen LogP contribution in [-0.4, -0.2) is 11.0 Å². The molecule has 0 radical (unpaired) electrons. The lowest BCUT2D eigenvalue weighted by Gasteiger charge is -2.10. The zero-order valence-corrected chi connectivity index (χ0v) is 12.2. The smallest absolute Gasteiger partial charge is 0.219 e. The van der Waals surface area contributed by atoms with Crippen LogP contribution in [0.3, 0.4) is 0 Å². The van der Waals surface area contributed by atoms with Crippen LogP contribution in [0.2, 0.25) is 5.02 Å². The summed E-state index contributed by atoms with van der Waals surface area (Å²) in [6.45, 7) is 2.77. The molecule has 0 unspecified atom stereocenters. The van der Waals surface area contributed by atoms with Gasteiger partial charge >= 0.3 is 0 Å². The molecule has 4 heteroatoms. The van der Waals surface area contributed by atoms with Crippen molar-refractivity contribution in [2.45, 2.75) is 32.4 Å². The van der Waals surface area contributed by atoms with Gasteiger partial charge in [0.15, 0.2) is 0 Å². The van der Waals surface area contributed by atoms with E-state index in [1.807, 2.05) is 37.3 Å². The Balaban J connectivity index is 1.75. The number of hydrogen-bond donors (Lipinski definition) is 1. The van der Waals surface area contributed by atoms with E-state index in [9.17, 15) is 0 Å². The molecule has 3 nitrogen and oxygen atoms in total. The molecule has 1 aliphatic carbocycles. The van der Waals surface area contributed by atoms with Crippen LogP contribution in [0.1, 0.15) is 24.0 Å². The van der Waals surface area contributed by atoms with Gasteiger partial charge in [-0.05, 0) is 37.0 Å². The summed E-state index contributed by atoms with van der Waals surface area (Å²) in [7, 11) is 0. The average Bonchev–Trinajstić information content (AvgIpc) is 3.26. The number of rotatable bonds is 5. The molecule has 0 amide bonds. The van der Waals surface area contributed by atoms with E-state index in [1.165, 1.54) is 12.8 Å². The largest absolute Gasteiger partial charge is 0.439 e. The van der Waals surface area contributed by atoms with Gasteiger partial charge in [0.1, 0.15) is 5.75 Å². The summed E-state index contributed by atoms with van der Waals surface area (Å²) in [5.74, 6) is 1.40. The average molecular weight is 289 g/mol. The summed E-state index contributed by atoms with van der Waals surface area (Å²) < 4.78 is 5.83. The number of hydrogen-bond acceptors (Lipinski definition) is 3. The molecule has 1 aliphatic rings. The van der Waals surface area contributed by atoms with Gasteiger partial charge in [0.2, 0.25) is 5.88 Å². The molecule has 0 spiro atoms. The summed E-state index contributed by atoms with van der Waals surface area (Å²) in [4.78, 5) is 4.24. The monoisotopic (exact) mass is 288 g/mol. The van der Waals surface area contributed by atoms with Gasteiger partial charge in [-0.1, -0.05) is 29.8 Å². The van der Waals surface area contributed by atoms with E-state index in [0.29, 0.717) is 16.9 Å². The number of pyridine rings is 1. The van der Waals surface area contributed by atoms with Crippen LogP contribution in [0.25, 0.3) is 0 Å². The van der Waals surface area contributed by atoms with Gasteiger partial charge in [0.25, 0.3) is 0 Å².